The lowest BCUT2D eigenvalue weighted by Crippen LogP contribution is -2.30. The Hall–Kier alpha value is -2.35. The Bertz CT molecular complexity index is 888. The summed E-state index contributed by atoms with van der Waals surface area (Å²) in [6, 6.07) is 7.81. The summed E-state index contributed by atoms with van der Waals surface area (Å²) in [5.74, 6) is -1.64. The van der Waals surface area contributed by atoms with E-state index in [4.69, 9.17) is 39.5 Å². The molecule has 0 heterocycles. The summed E-state index contributed by atoms with van der Waals surface area (Å²) in [7, 11) is 0. The minimum Gasteiger partial charge on any atom is -0.449 e. The Labute approximate surface area is 162 Å². The number of carbonyl (C=O) groups is 2. The highest BCUT2D eigenvalue weighted by molar-refractivity contribution is 6.35. The number of hydrogen-bond acceptors (Lipinski definition) is 5. The van der Waals surface area contributed by atoms with E-state index in [2.05, 4.69) is 5.32 Å². The van der Waals surface area contributed by atoms with Crippen molar-refractivity contribution in [3.8, 4) is 0 Å². The van der Waals surface area contributed by atoms with Crippen LogP contribution in [-0.2, 0) is 9.53 Å². The van der Waals surface area contributed by atoms with Gasteiger partial charge in [-0.1, -0.05) is 34.8 Å². The summed E-state index contributed by atoms with van der Waals surface area (Å²) < 4.78 is 5.02. The molecule has 1 unspecified atom stereocenters. The van der Waals surface area contributed by atoms with E-state index >= 15 is 0 Å². The number of carbonyl (C=O) groups excluding carboxylic acids is 2. The van der Waals surface area contributed by atoms with Crippen molar-refractivity contribution in [2.24, 2.45) is 0 Å². The molecule has 7 nitrogen and oxygen atoms in total. The van der Waals surface area contributed by atoms with Gasteiger partial charge in [0.1, 0.15) is 0 Å². The van der Waals surface area contributed by atoms with Crippen LogP contribution in [0.5, 0.6) is 0 Å². The highest BCUT2D eigenvalue weighted by Gasteiger charge is 2.23. The summed E-state index contributed by atoms with van der Waals surface area (Å²) in [6.07, 6.45) is -1.21. The third-order valence-corrected chi connectivity index (χ3v) is 4.11. The zero-order valence-electron chi connectivity index (χ0n) is 13.2. The van der Waals surface area contributed by atoms with Gasteiger partial charge in [0.15, 0.2) is 6.10 Å². The SMILES string of the molecule is CC(OC(=O)c1cc([N+](=O)[O-])ccc1Cl)C(=O)Nc1cc(Cl)ccc1Cl. The number of ether oxygens (including phenoxy) is 1. The molecule has 2 aromatic rings. The van der Waals surface area contributed by atoms with Crippen LogP contribution in [-0.4, -0.2) is 22.9 Å². The van der Waals surface area contributed by atoms with E-state index in [9.17, 15) is 19.7 Å². The molecule has 26 heavy (non-hydrogen) atoms. The van der Waals surface area contributed by atoms with Gasteiger partial charge in [-0.25, -0.2) is 4.79 Å². The molecule has 0 saturated carbocycles. The van der Waals surface area contributed by atoms with E-state index in [0.717, 1.165) is 12.1 Å². The van der Waals surface area contributed by atoms with Crippen LogP contribution in [0.25, 0.3) is 0 Å². The van der Waals surface area contributed by atoms with E-state index in [1.807, 2.05) is 0 Å². The second kappa shape index (κ2) is 8.35. The Kier molecular flexibility index (Phi) is 6.42. The van der Waals surface area contributed by atoms with Crippen molar-refractivity contribution in [2.75, 3.05) is 5.32 Å². The number of amides is 1. The van der Waals surface area contributed by atoms with Crippen molar-refractivity contribution in [3.05, 3.63) is 67.1 Å². The molecule has 2 aromatic carbocycles. The summed E-state index contributed by atoms with van der Waals surface area (Å²) in [6.45, 7) is 1.33. The number of benzene rings is 2. The average molecular weight is 418 g/mol. The van der Waals surface area contributed by atoms with Crippen molar-refractivity contribution in [2.45, 2.75) is 13.0 Å². The first kappa shape index (κ1) is 20.0. The number of nitrogens with zero attached hydrogens (tertiary/aromatic N) is 1. The number of nitrogens with one attached hydrogen (secondary N) is 1. The zero-order chi connectivity index (χ0) is 19.4. The molecule has 0 saturated heterocycles. The number of halogens is 3. The summed E-state index contributed by atoms with van der Waals surface area (Å²) in [5, 5.41) is 13.9. The van der Waals surface area contributed by atoms with Crippen LogP contribution in [0.15, 0.2) is 36.4 Å². The molecule has 0 fully saturated rings. The molecule has 0 radical (unpaired) electrons. The molecule has 0 bridgehead atoms. The lowest BCUT2D eigenvalue weighted by molar-refractivity contribution is -0.384. The lowest BCUT2D eigenvalue weighted by atomic mass is 10.2. The maximum Gasteiger partial charge on any atom is 0.340 e. The Morgan fingerprint density at radius 1 is 1.12 bits per heavy atom. The lowest BCUT2D eigenvalue weighted by Gasteiger charge is -2.15. The Morgan fingerprint density at radius 3 is 2.42 bits per heavy atom. The van der Waals surface area contributed by atoms with Crippen molar-refractivity contribution in [1.29, 1.82) is 0 Å². The van der Waals surface area contributed by atoms with E-state index in [1.165, 1.54) is 25.1 Å². The van der Waals surface area contributed by atoms with E-state index in [0.29, 0.717) is 5.02 Å². The smallest absolute Gasteiger partial charge is 0.340 e. The van der Waals surface area contributed by atoms with Gasteiger partial charge >= 0.3 is 5.97 Å². The fraction of sp³-hybridized carbons (Fsp3) is 0.125. The molecule has 1 amide bonds. The third-order valence-electron chi connectivity index (χ3n) is 3.22. The van der Waals surface area contributed by atoms with Crippen LogP contribution in [0.2, 0.25) is 15.1 Å². The fourth-order valence-corrected chi connectivity index (χ4v) is 2.42. The average Bonchev–Trinajstić information content (AvgIpc) is 2.58. The van der Waals surface area contributed by atoms with Gasteiger partial charge < -0.3 is 10.1 Å². The zero-order valence-corrected chi connectivity index (χ0v) is 15.4. The highest BCUT2D eigenvalue weighted by atomic mass is 35.5. The highest BCUT2D eigenvalue weighted by Crippen LogP contribution is 2.26. The van der Waals surface area contributed by atoms with E-state index in [-0.39, 0.29) is 27.0 Å². The maximum absolute atomic E-state index is 12.2. The van der Waals surface area contributed by atoms with Gasteiger partial charge in [-0.05, 0) is 31.2 Å². The third kappa shape index (κ3) is 4.85. The maximum atomic E-state index is 12.2. The minimum absolute atomic E-state index is 0.0360. The monoisotopic (exact) mass is 416 g/mol. The number of hydrogen-bond donors (Lipinski definition) is 1. The van der Waals surface area contributed by atoms with Crippen LogP contribution < -0.4 is 5.32 Å². The quantitative estimate of drug-likeness (QED) is 0.430. The van der Waals surface area contributed by atoms with Gasteiger partial charge in [0.2, 0.25) is 0 Å². The molecule has 0 spiro atoms. The molecule has 2 rings (SSSR count). The van der Waals surface area contributed by atoms with Crippen molar-refractivity contribution in [1.82, 2.24) is 0 Å². The van der Waals surface area contributed by atoms with Gasteiger partial charge in [0, 0.05) is 17.2 Å². The van der Waals surface area contributed by atoms with Crippen LogP contribution in [0.3, 0.4) is 0 Å². The molecule has 0 aliphatic carbocycles. The topological polar surface area (TPSA) is 98.5 Å². The van der Waals surface area contributed by atoms with Gasteiger partial charge in [-0.2, -0.15) is 0 Å². The fourth-order valence-electron chi connectivity index (χ4n) is 1.89. The predicted octanol–water partition coefficient (Wildman–Crippen LogP) is 4.74. The van der Waals surface area contributed by atoms with Crippen LogP contribution >= 0.6 is 34.8 Å². The van der Waals surface area contributed by atoms with Crippen LogP contribution in [0.4, 0.5) is 11.4 Å². The van der Waals surface area contributed by atoms with E-state index in [1.54, 1.807) is 6.07 Å². The molecule has 10 heteroatoms. The standard InChI is InChI=1S/C16H11Cl3N2O5/c1-8(15(22)20-14-6-9(17)2-4-13(14)19)26-16(23)11-7-10(21(24)25)3-5-12(11)18/h2-8H,1H3,(H,20,22). The Morgan fingerprint density at radius 2 is 1.77 bits per heavy atom. The molecule has 1 N–H and O–H groups in total. The number of non-ortho nitro benzene ring substituents is 1. The number of rotatable bonds is 5. The van der Waals surface area contributed by atoms with Gasteiger partial charge in [-0.3, -0.25) is 14.9 Å². The van der Waals surface area contributed by atoms with E-state index < -0.39 is 22.9 Å². The van der Waals surface area contributed by atoms with Crippen LogP contribution in [0, 0.1) is 10.1 Å². The van der Waals surface area contributed by atoms with Crippen molar-refractivity contribution >= 4 is 58.1 Å². The van der Waals surface area contributed by atoms with Gasteiger partial charge in [-0.15, -0.1) is 0 Å². The normalized spacial score (nSPS) is 11.5. The first-order valence-corrected chi connectivity index (χ1v) is 8.23. The molecule has 136 valence electrons. The molecule has 0 aromatic heterocycles. The van der Waals surface area contributed by atoms with Crippen molar-refractivity contribution < 1.29 is 19.2 Å². The Balaban J connectivity index is 2.11. The first-order chi connectivity index (χ1) is 12.2. The first-order valence-electron chi connectivity index (χ1n) is 7.10. The molecule has 1 atom stereocenters. The number of nitro benzene ring substituents is 1. The summed E-state index contributed by atoms with van der Waals surface area (Å²) in [5.41, 5.74) is -0.300. The summed E-state index contributed by atoms with van der Waals surface area (Å²) >= 11 is 17.7. The number of anilines is 1. The van der Waals surface area contributed by atoms with Gasteiger partial charge in [0.05, 0.1) is 26.2 Å². The summed E-state index contributed by atoms with van der Waals surface area (Å²) in [4.78, 5) is 34.5. The molecule has 0 aliphatic rings. The molecule has 0 aliphatic heterocycles. The van der Waals surface area contributed by atoms with Crippen molar-refractivity contribution in [3.63, 3.8) is 0 Å². The predicted molar refractivity (Wildman–Crippen MR) is 98.1 cm³/mol. The number of nitro groups is 1. The minimum atomic E-state index is -1.21. The largest absolute Gasteiger partial charge is 0.449 e. The van der Waals surface area contributed by atoms with Crippen LogP contribution in [0.1, 0.15) is 17.3 Å². The molecular formula is C16H11Cl3N2O5. The molecular weight excluding hydrogens is 407 g/mol. The second-order valence-electron chi connectivity index (χ2n) is 5.08. The number of esters is 1. The second-order valence-corrected chi connectivity index (χ2v) is 6.33. The van der Waals surface area contributed by atoms with Gasteiger partial charge in [0.25, 0.3) is 11.6 Å².